The van der Waals surface area contributed by atoms with Crippen LogP contribution in [0.2, 0.25) is 5.02 Å². The molecule has 3 rings (SSSR count). The number of rotatable bonds is 2. The fourth-order valence-electron chi connectivity index (χ4n) is 2.12. The molecule has 1 heterocycles. The van der Waals surface area contributed by atoms with E-state index in [4.69, 9.17) is 11.6 Å². The highest BCUT2D eigenvalue weighted by Gasteiger charge is 2.15. The molecule has 4 nitrogen and oxygen atoms in total. The van der Waals surface area contributed by atoms with E-state index >= 15 is 0 Å². The maximum atomic E-state index is 11.0. The Kier molecular flexibility index (Phi) is 2.72. The van der Waals surface area contributed by atoms with E-state index in [0.717, 1.165) is 16.8 Å². The molecule has 2 aromatic carbocycles. The van der Waals surface area contributed by atoms with Crippen LogP contribution in [0, 0.1) is 10.1 Å². The van der Waals surface area contributed by atoms with Gasteiger partial charge in [0.25, 0.3) is 5.69 Å². The molecule has 0 bridgehead atoms. The maximum absolute atomic E-state index is 11.0. The van der Waals surface area contributed by atoms with Gasteiger partial charge >= 0.3 is 0 Å². The number of hydrogen-bond acceptors (Lipinski definition) is 2. The highest BCUT2D eigenvalue weighted by molar-refractivity contribution is 6.33. The van der Waals surface area contributed by atoms with E-state index in [2.05, 4.69) is 4.98 Å². The van der Waals surface area contributed by atoms with Crippen LogP contribution < -0.4 is 0 Å². The molecule has 5 heteroatoms. The van der Waals surface area contributed by atoms with Crippen molar-refractivity contribution in [2.24, 2.45) is 0 Å². The van der Waals surface area contributed by atoms with Crippen LogP contribution in [0.5, 0.6) is 0 Å². The highest BCUT2D eigenvalue weighted by Crippen LogP contribution is 2.33. The predicted octanol–water partition coefficient (Wildman–Crippen LogP) is 4.40. The van der Waals surface area contributed by atoms with E-state index in [1.807, 2.05) is 24.3 Å². The number of benzene rings is 2. The highest BCUT2D eigenvalue weighted by atomic mass is 35.5. The summed E-state index contributed by atoms with van der Waals surface area (Å²) in [6.07, 6.45) is 0. The summed E-state index contributed by atoms with van der Waals surface area (Å²) in [5.74, 6) is 0. The first-order chi connectivity index (χ1) is 9.16. The van der Waals surface area contributed by atoms with E-state index in [1.54, 1.807) is 18.2 Å². The Labute approximate surface area is 113 Å². The standard InChI is InChI=1S/C14H9ClN2O2/c15-11-5-2-1-4-9(11)13-8-10-12(16-13)6-3-7-14(10)17(18)19/h1-8,16H. The number of halogens is 1. The summed E-state index contributed by atoms with van der Waals surface area (Å²) in [6, 6.07) is 14.1. The fraction of sp³-hybridized carbons (Fsp3) is 0. The molecule has 0 aliphatic heterocycles. The van der Waals surface area contributed by atoms with Gasteiger partial charge in [-0.1, -0.05) is 35.9 Å². The Morgan fingerprint density at radius 1 is 1.11 bits per heavy atom. The lowest BCUT2D eigenvalue weighted by Crippen LogP contribution is -1.87. The Hall–Kier alpha value is -2.33. The molecule has 0 atom stereocenters. The Bertz CT molecular complexity index is 780. The van der Waals surface area contributed by atoms with Gasteiger partial charge in [0, 0.05) is 22.3 Å². The van der Waals surface area contributed by atoms with Crippen LogP contribution in [-0.2, 0) is 0 Å². The topological polar surface area (TPSA) is 58.9 Å². The van der Waals surface area contributed by atoms with Crippen molar-refractivity contribution in [1.29, 1.82) is 0 Å². The Morgan fingerprint density at radius 3 is 2.63 bits per heavy atom. The van der Waals surface area contributed by atoms with Gasteiger partial charge in [-0.05, 0) is 18.2 Å². The third-order valence-corrected chi connectivity index (χ3v) is 3.33. The smallest absolute Gasteiger partial charge is 0.278 e. The van der Waals surface area contributed by atoms with Crippen LogP contribution in [0.25, 0.3) is 22.2 Å². The van der Waals surface area contributed by atoms with Crippen molar-refractivity contribution in [3.63, 3.8) is 0 Å². The first-order valence-corrected chi connectivity index (χ1v) is 6.05. The summed E-state index contributed by atoms with van der Waals surface area (Å²) >= 11 is 6.13. The number of fused-ring (bicyclic) bond motifs is 1. The molecule has 1 N–H and O–H groups in total. The zero-order chi connectivity index (χ0) is 13.4. The second-order valence-corrected chi connectivity index (χ2v) is 4.57. The molecule has 3 aromatic rings. The van der Waals surface area contributed by atoms with Crippen molar-refractivity contribution in [1.82, 2.24) is 4.98 Å². The van der Waals surface area contributed by atoms with Crippen LogP contribution in [0.1, 0.15) is 0 Å². The second-order valence-electron chi connectivity index (χ2n) is 4.16. The van der Waals surface area contributed by atoms with Gasteiger partial charge < -0.3 is 4.98 Å². The number of nitrogens with one attached hydrogen (secondary N) is 1. The van der Waals surface area contributed by atoms with E-state index in [1.165, 1.54) is 6.07 Å². The van der Waals surface area contributed by atoms with Crippen LogP contribution in [0.4, 0.5) is 5.69 Å². The fourth-order valence-corrected chi connectivity index (χ4v) is 2.36. The number of non-ortho nitro benzene ring substituents is 1. The van der Waals surface area contributed by atoms with Crippen molar-refractivity contribution < 1.29 is 4.92 Å². The van der Waals surface area contributed by atoms with Gasteiger partial charge in [0.05, 0.1) is 15.8 Å². The second kappa shape index (κ2) is 4.40. The molecule has 0 radical (unpaired) electrons. The van der Waals surface area contributed by atoms with Crippen LogP contribution in [0.3, 0.4) is 0 Å². The molecule has 0 fully saturated rings. The SMILES string of the molecule is O=[N+]([O-])c1cccc2[nH]c(-c3ccccc3Cl)cc12. The van der Waals surface area contributed by atoms with Crippen LogP contribution in [0.15, 0.2) is 48.5 Å². The first kappa shape index (κ1) is 11.7. The minimum absolute atomic E-state index is 0.0899. The number of aromatic nitrogens is 1. The van der Waals surface area contributed by atoms with Crippen molar-refractivity contribution >= 4 is 28.2 Å². The number of nitro benzene ring substituents is 1. The molecule has 0 unspecified atom stereocenters. The molecular weight excluding hydrogens is 264 g/mol. The molecule has 0 aliphatic carbocycles. The molecule has 0 saturated heterocycles. The van der Waals surface area contributed by atoms with E-state index in [0.29, 0.717) is 10.4 Å². The van der Waals surface area contributed by atoms with Gasteiger partial charge in [-0.15, -0.1) is 0 Å². The first-order valence-electron chi connectivity index (χ1n) is 5.68. The lowest BCUT2D eigenvalue weighted by atomic mass is 10.1. The number of nitro groups is 1. The van der Waals surface area contributed by atoms with Crippen LogP contribution >= 0.6 is 11.6 Å². The predicted molar refractivity (Wildman–Crippen MR) is 75.4 cm³/mol. The zero-order valence-corrected chi connectivity index (χ0v) is 10.5. The zero-order valence-electron chi connectivity index (χ0n) is 9.76. The molecule has 0 spiro atoms. The normalized spacial score (nSPS) is 10.8. The van der Waals surface area contributed by atoms with E-state index < -0.39 is 0 Å². The molecule has 19 heavy (non-hydrogen) atoms. The Balaban J connectivity index is 2.26. The average molecular weight is 273 g/mol. The summed E-state index contributed by atoms with van der Waals surface area (Å²) in [6.45, 7) is 0. The van der Waals surface area contributed by atoms with Gasteiger partial charge in [-0.3, -0.25) is 10.1 Å². The molecule has 94 valence electrons. The molecule has 0 aliphatic rings. The molecule has 0 amide bonds. The summed E-state index contributed by atoms with van der Waals surface area (Å²) in [4.78, 5) is 13.8. The quantitative estimate of drug-likeness (QED) is 0.555. The largest absolute Gasteiger partial charge is 0.354 e. The van der Waals surface area contributed by atoms with Crippen molar-refractivity contribution in [3.05, 3.63) is 63.7 Å². The number of H-pyrrole nitrogens is 1. The average Bonchev–Trinajstić information content (AvgIpc) is 2.82. The van der Waals surface area contributed by atoms with E-state index in [-0.39, 0.29) is 10.6 Å². The summed E-state index contributed by atoms with van der Waals surface area (Å²) in [5.41, 5.74) is 2.42. The lowest BCUT2D eigenvalue weighted by molar-refractivity contribution is -0.383. The monoisotopic (exact) mass is 272 g/mol. The van der Waals surface area contributed by atoms with Gasteiger partial charge in [0.15, 0.2) is 0 Å². The minimum atomic E-state index is -0.382. The summed E-state index contributed by atoms with van der Waals surface area (Å²) < 4.78 is 0. The molecule has 1 aromatic heterocycles. The van der Waals surface area contributed by atoms with Gasteiger partial charge in [0.2, 0.25) is 0 Å². The maximum Gasteiger partial charge on any atom is 0.278 e. The summed E-state index contributed by atoms with van der Waals surface area (Å²) in [7, 11) is 0. The number of nitrogens with zero attached hydrogens (tertiary/aromatic N) is 1. The van der Waals surface area contributed by atoms with Crippen molar-refractivity contribution in [2.45, 2.75) is 0 Å². The Morgan fingerprint density at radius 2 is 1.89 bits per heavy atom. The van der Waals surface area contributed by atoms with Gasteiger partial charge in [-0.2, -0.15) is 0 Å². The third-order valence-electron chi connectivity index (χ3n) is 3.00. The minimum Gasteiger partial charge on any atom is -0.354 e. The number of aromatic amines is 1. The third kappa shape index (κ3) is 1.96. The van der Waals surface area contributed by atoms with Gasteiger partial charge in [0.1, 0.15) is 0 Å². The molecular formula is C14H9ClN2O2. The van der Waals surface area contributed by atoms with Gasteiger partial charge in [-0.25, -0.2) is 0 Å². The number of hydrogen-bond donors (Lipinski definition) is 1. The van der Waals surface area contributed by atoms with E-state index in [9.17, 15) is 10.1 Å². The summed E-state index contributed by atoms with van der Waals surface area (Å²) in [5, 5.41) is 12.2. The van der Waals surface area contributed by atoms with Crippen LogP contribution in [-0.4, -0.2) is 9.91 Å². The lowest BCUT2D eigenvalue weighted by Gasteiger charge is -1.99. The van der Waals surface area contributed by atoms with Crippen molar-refractivity contribution in [2.75, 3.05) is 0 Å². The van der Waals surface area contributed by atoms with Crippen molar-refractivity contribution in [3.8, 4) is 11.3 Å². The molecule has 0 saturated carbocycles.